The Bertz CT molecular complexity index is 342. The molecule has 2 saturated heterocycles. The van der Waals surface area contributed by atoms with Gasteiger partial charge in [0.05, 0.1) is 13.2 Å². The SMILES string of the molecule is Cl.Cl.O=C(C1CNCCO1)N1CCCN(CC(F)(F)F)CC1. The van der Waals surface area contributed by atoms with Crippen molar-refractivity contribution < 1.29 is 22.7 Å². The molecule has 0 bridgehead atoms. The summed E-state index contributed by atoms with van der Waals surface area (Å²) in [4.78, 5) is 15.2. The normalized spacial score (nSPS) is 24.0. The molecule has 22 heavy (non-hydrogen) atoms. The van der Waals surface area contributed by atoms with Gasteiger partial charge in [-0.25, -0.2) is 0 Å². The molecule has 1 amide bonds. The molecule has 0 aromatic carbocycles. The van der Waals surface area contributed by atoms with Crippen LogP contribution in [0, 0.1) is 0 Å². The van der Waals surface area contributed by atoms with Crippen LogP contribution in [0.4, 0.5) is 13.2 Å². The van der Waals surface area contributed by atoms with E-state index >= 15 is 0 Å². The minimum Gasteiger partial charge on any atom is -0.366 e. The molecule has 132 valence electrons. The number of hydrogen-bond donors (Lipinski definition) is 1. The molecule has 1 N–H and O–H groups in total. The van der Waals surface area contributed by atoms with E-state index < -0.39 is 18.8 Å². The molecule has 2 aliphatic heterocycles. The zero-order valence-electron chi connectivity index (χ0n) is 12.1. The third kappa shape index (κ3) is 6.87. The first kappa shape index (κ1) is 21.7. The topological polar surface area (TPSA) is 44.8 Å². The van der Waals surface area contributed by atoms with Gasteiger partial charge in [0.1, 0.15) is 6.10 Å². The van der Waals surface area contributed by atoms with Crippen LogP contribution in [-0.4, -0.2) is 80.4 Å². The van der Waals surface area contributed by atoms with Crippen LogP contribution in [0.1, 0.15) is 6.42 Å². The van der Waals surface area contributed by atoms with Gasteiger partial charge in [0, 0.05) is 39.3 Å². The number of ether oxygens (including phenoxy) is 1. The fraction of sp³-hybridized carbons (Fsp3) is 0.917. The van der Waals surface area contributed by atoms with Gasteiger partial charge in [0.2, 0.25) is 0 Å². The maximum Gasteiger partial charge on any atom is 0.401 e. The van der Waals surface area contributed by atoms with Gasteiger partial charge < -0.3 is 15.0 Å². The average molecular weight is 368 g/mol. The quantitative estimate of drug-likeness (QED) is 0.787. The second-order valence-corrected chi connectivity index (χ2v) is 5.13. The van der Waals surface area contributed by atoms with Crippen LogP contribution in [0.2, 0.25) is 0 Å². The van der Waals surface area contributed by atoms with Crippen LogP contribution in [0.25, 0.3) is 0 Å². The Labute approximate surface area is 140 Å². The van der Waals surface area contributed by atoms with Crippen molar-refractivity contribution >= 4 is 30.7 Å². The largest absolute Gasteiger partial charge is 0.401 e. The zero-order valence-corrected chi connectivity index (χ0v) is 13.7. The van der Waals surface area contributed by atoms with Gasteiger partial charge in [-0.15, -0.1) is 24.8 Å². The minimum absolute atomic E-state index is 0. The van der Waals surface area contributed by atoms with Crippen molar-refractivity contribution in [2.45, 2.75) is 18.7 Å². The molecule has 10 heteroatoms. The van der Waals surface area contributed by atoms with Crippen molar-refractivity contribution in [3.8, 4) is 0 Å². The Morgan fingerprint density at radius 3 is 2.50 bits per heavy atom. The first-order chi connectivity index (χ1) is 9.46. The van der Waals surface area contributed by atoms with Crippen LogP contribution in [-0.2, 0) is 9.53 Å². The van der Waals surface area contributed by atoms with E-state index in [0.29, 0.717) is 39.2 Å². The Morgan fingerprint density at radius 2 is 1.91 bits per heavy atom. The van der Waals surface area contributed by atoms with Crippen LogP contribution >= 0.6 is 24.8 Å². The third-order valence-electron chi connectivity index (χ3n) is 3.51. The van der Waals surface area contributed by atoms with Crippen LogP contribution in [0.15, 0.2) is 0 Å². The summed E-state index contributed by atoms with van der Waals surface area (Å²) in [6.07, 6.45) is -4.13. The van der Waals surface area contributed by atoms with Crippen molar-refractivity contribution in [1.29, 1.82) is 0 Å². The number of nitrogens with zero attached hydrogens (tertiary/aromatic N) is 2. The molecule has 2 heterocycles. The van der Waals surface area contributed by atoms with Crippen molar-refractivity contribution in [3.05, 3.63) is 0 Å². The Kier molecular flexibility index (Phi) is 9.64. The average Bonchev–Trinajstić information content (AvgIpc) is 2.63. The van der Waals surface area contributed by atoms with E-state index in [1.54, 1.807) is 4.90 Å². The first-order valence-electron chi connectivity index (χ1n) is 6.86. The standard InChI is InChI=1S/C12H20F3N3O2.2ClH/c13-12(14,15)9-17-3-1-4-18(6-5-17)11(19)10-8-16-2-7-20-10;;/h10,16H,1-9H2;2*1H. The second-order valence-electron chi connectivity index (χ2n) is 5.13. The molecule has 2 aliphatic rings. The van der Waals surface area contributed by atoms with E-state index in [2.05, 4.69) is 5.32 Å². The second kappa shape index (κ2) is 9.77. The number of carbonyl (C=O) groups excluding carboxylic acids is 1. The molecule has 2 rings (SSSR count). The molecule has 0 aromatic rings. The molecule has 1 unspecified atom stereocenters. The van der Waals surface area contributed by atoms with Crippen molar-refractivity contribution in [1.82, 2.24) is 15.1 Å². The molecule has 0 saturated carbocycles. The number of alkyl halides is 3. The van der Waals surface area contributed by atoms with Crippen molar-refractivity contribution in [2.75, 3.05) is 52.4 Å². The lowest BCUT2D eigenvalue weighted by Crippen LogP contribution is -2.50. The Morgan fingerprint density at radius 1 is 1.18 bits per heavy atom. The highest BCUT2D eigenvalue weighted by Crippen LogP contribution is 2.18. The van der Waals surface area contributed by atoms with Gasteiger partial charge >= 0.3 is 6.18 Å². The Balaban J connectivity index is 0.00000220. The molecule has 5 nitrogen and oxygen atoms in total. The van der Waals surface area contributed by atoms with E-state index in [-0.39, 0.29) is 37.3 Å². The number of nitrogens with one attached hydrogen (secondary N) is 1. The summed E-state index contributed by atoms with van der Waals surface area (Å²) in [5.74, 6) is -0.119. The van der Waals surface area contributed by atoms with E-state index in [0.717, 1.165) is 6.54 Å². The number of rotatable bonds is 2. The fourth-order valence-corrected chi connectivity index (χ4v) is 2.53. The van der Waals surface area contributed by atoms with Gasteiger partial charge in [-0.3, -0.25) is 9.69 Å². The maximum atomic E-state index is 12.4. The Hall–Kier alpha value is -0.280. The molecular formula is C12H22Cl2F3N3O2. The lowest BCUT2D eigenvalue weighted by molar-refractivity contribution is -0.147. The predicted octanol–water partition coefficient (Wildman–Crippen LogP) is 0.915. The highest BCUT2D eigenvalue weighted by Gasteiger charge is 2.33. The van der Waals surface area contributed by atoms with E-state index in [4.69, 9.17) is 4.74 Å². The first-order valence-corrected chi connectivity index (χ1v) is 6.86. The van der Waals surface area contributed by atoms with Crippen LogP contribution < -0.4 is 5.32 Å². The lowest BCUT2D eigenvalue weighted by Gasteiger charge is -2.29. The number of carbonyl (C=O) groups is 1. The molecule has 0 aromatic heterocycles. The maximum absolute atomic E-state index is 12.4. The highest BCUT2D eigenvalue weighted by atomic mass is 35.5. The molecule has 0 spiro atoms. The molecular weight excluding hydrogens is 346 g/mol. The van der Waals surface area contributed by atoms with Gasteiger partial charge in [-0.2, -0.15) is 13.2 Å². The fourth-order valence-electron chi connectivity index (χ4n) is 2.53. The van der Waals surface area contributed by atoms with Crippen molar-refractivity contribution in [2.24, 2.45) is 0 Å². The van der Waals surface area contributed by atoms with E-state index in [1.165, 1.54) is 4.90 Å². The summed E-state index contributed by atoms with van der Waals surface area (Å²) >= 11 is 0. The van der Waals surface area contributed by atoms with Gasteiger partial charge in [0.25, 0.3) is 5.91 Å². The monoisotopic (exact) mass is 367 g/mol. The summed E-state index contributed by atoms with van der Waals surface area (Å²) in [7, 11) is 0. The number of morpholine rings is 1. The van der Waals surface area contributed by atoms with E-state index in [1.807, 2.05) is 0 Å². The lowest BCUT2D eigenvalue weighted by atomic mass is 10.2. The molecule has 1 atom stereocenters. The summed E-state index contributed by atoms with van der Waals surface area (Å²) in [5.41, 5.74) is 0. The summed E-state index contributed by atoms with van der Waals surface area (Å²) in [6.45, 7) is 2.23. The number of hydrogen-bond acceptors (Lipinski definition) is 4. The smallest absolute Gasteiger partial charge is 0.366 e. The van der Waals surface area contributed by atoms with Crippen molar-refractivity contribution in [3.63, 3.8) is 0 Å². The molecule has 0 radical (unpaired) electrons. The summed E-state index contributed by atoms with van der Waals surface area (Å²) < 4.78 is 42.5. The van der Waals surface area contributed by atoms with Gasteiger partial charge in [-0.05, 0) is 6.42 Å². The molecule has 0 aliphatic carbocycles. The number of amides is 1. The number of halogens is 5. The summed E-state index contributed by atoms with van der Waals surface area (Å²) in [5, 5.41) is 3.08. The van der Waals surface area contributed by atoms with Gasteiger partial charge in [-0.1, -0.05) is 0 Å². The highest BCUT2D eigenvalue weighted by molar-refractivity contribution is 5.85. The van der Waals surface area contributed by atoms with Gasteiger partial charge in [0.15, 0.2) is 0 Å². The minimum atomic E-state index is -4.18. The zero-order chi connectivity index (χ0) is 14.6. The van der Waals surface area contributed by atoms with Crippen LogP contribution in [0.3, 0.4) is 0 Å². The predicted molar refractivity (Wildman–Crippen MR) is 80.8 cm³/mol. The molecule has 2 fully saturated rings. The van der Waals surface area contributed by atoms with Crippen LogP contribution in [0.5, 0.6) is 0 Å². The third-order valence-corrected chi connectivity index (χ3v) is 3.51. The van der Waals surface area contributed by atoms with E-state index in [9.17, 15) is 18.0 Å². The summed E-state index contributed by atoms with van der Waals surface area (Å²) in [6, 6.07) is 0.